The number of thiophene rings is 1. The Labute approximate surface area is 221 Å². The predicted molar refractivity (Wildman–Crippen MR) is 130 cm³/mol. The van der Waals surface area contributed by atoms with Crippen molar-refractivity contribution in [2.24, 2.45) is 0 Å². The fraction of sp³-hybridized carbons (Fsp3) is 0.167. The summed E-state index contributed by atoms with van der Waals surface area (Å²) in [7, 11) is -4.12. The van der Waals surface area contributed by atoms with Gasteiger partial charge in [-0.25, -0.2) is 23.1 Å². The Morgan fingerprint density at radius 3 is 2.18 bits per heavy atom. The lowest BCUT2D eigenvalue weighted by molar-refractivity contribution is -0.141. The minimum absolute atomic E-state index is 0.00802. The van der Waals surface area contributed by atoms with Crippen LogP contribution in [0.2, 0.25) is 0 Å². The van der Waals surface area contributed by atoms with Gasteiger partial charge in [-0.2, -0.15) is 26.3 Å². The molecule has 0 spiro atoms. The van der Waals surface area contributed by atoms with Crippen LogP contribution in [0.25, 0.3) is 33.2 Å². The van der Waals surface area contributed by atoms with Crippen LogP contribution in [0, 0.1) is 0 Å². The molecule has 3 heterocycles. The number of carbonyl (C=O) groups is 1. The molecular formula is C24H16F6N4O3S2. The normalized spacial score (nSPS) is 12.4. The highest BCUT2D eigenvalue weighted by atomic mass is 32.2. The highest BCUT2D eigenvalue weighted by molar-refractivity contribution is 7.92. The Kier molecular flexibility index (Phi) is 7.49. The minimum Gasteiger partial charge on any atom is -0.274 e. The van der Waals surface area contributed by atoms with Crippen LogP contribution < -0.4 is 4.72 Å². The molecule has 0 aliphatic rings. The van der Waals surface area contributed by atoms with Crippen molar-refractivity contribution in [2.45, 2.75) is 29.9 Å². The van der Waals surface area contributed by atoms with E-state index in [9.17, 15) is 39.6 Å². The molecule has 0 fully saturated rings. The van der Waals surface area contributed by atoms with Crippen LogP contribution in [-0.2, 0) is 27.2 Å². The van der Waals surface area contributed by atoms with Crippen LogP contribution in [0.4, 0.5) is 26.3 Å². The van der Waals surface area contributed by atoms with Crippen molar-refractivity contribution in [1.29, 1.82) is 0 Å². The van der Waals surface area contributed by atoms with Gasteiger partial charge >= 0.3 is 12.4 Å². The van der Waals surface area contributed by atoms with E-state index in [1.54, 1.807) is 0 Å². The van der Waals surface area contributed by atoms with E-state index in [0.717, 1.165) is 35.6 Å². The summed E-state index contributed by atoms with van der Waals surface area (Å²) in [6.07, 6.45) is -8.29. The van der Waals surface area contributed by atoms with Crippen molar-refractivity contribution in [3.8, 4) is 33.2 Å². The molecule has 0 aliphatic heterocycles. The van der Waals surface area contributed by atoms with Crippen LogP contribution in [0.15, 0.2) is 65.0 Å². The van der Waals surface area contributed by atoms with Gasteiger partial charge in [0.25, 0.3) is 10.0 Å². The van der Waals surface area contributed by atoms with Gasteiger partial charge in [0.15, 0.2) is 5.82 Å². The van der Waals surface area contributed by atoms with E-state index in [1.165, 1.54) is 37.4 Å². The Hall–Kier alpha value is -3.85. The molecule has 0 radical (unpaired) electrons. The van der Waals surface area contributed by atoms with Gasteiger partial charge in [0.2, 0.25) is 5.91 Å². The molecule has 4 aromatic rings. The number of hydrogen-bond donors (Lipinski definition) is 1. The summed E-state index contributed by atoms with van der Waals surface area (Å²) in [5.41, 5.74) is -2.24. The van der Waals surface area contributed by atoms with Crippen molar-refractivity contribution < 1.29 is 39.6 Å². The van der Waals surface area contributed by atoms with E-state index in [4.69, 9.17) is 0 Å². The quantitative estimate of drug-likeness (QED) is 0.271. The van der Waals surface area contributed by atoms with Crippen molar-refractivity contribution in [3.05, 3.63) is 72.1 Å². The summed E-state index contributed by atoms with van der Waals surface area (Å²) in [5.74, 6) is -1.07. The predicted octanol–water partition coefficient (Wildman–Crippen LogP) is 6.19. The molecule has 0 saturated heterocycles. The number of rotatable bonds is 6. The number of sulfonamides is 1. The Morgan fingerprint density at radius 1 is 0.872 bits per heavy atom. The second kappa shape index (κ2) is 10.4. The number of amides is 1. The zero-order valence-corrected chi connectivity index (χ0v) is 21.3. The first-order valence-corrected chi connectivity index (χ1v) is 13.2. The standard InChI is InChI=1S/C24H16F6N4O3S2/c1-2-20(35)34-39(36,37)21-8-7-18(38-21)17-11-14(9-10-31-17)22-32-16(12-19(33-22)24(28,29)30)13-3-5-15(6-4-13)23(25,26)27/h3-12H,2H2,1H3,(H,34,35). The van der Waals surface area contributed by atoms with Crippen molar-refractivity contribution in [3.63, 3.8) is 0 Å². The molecule has 0 bridgehead atoms. The third-order valence-corrected chi connectivity index (χ3v) is 8.18. The van der Waals surface area contributed by atoms with E-state index in [1.807, 2.05) is 4.72 Å². The van der Waals surface area contributed by atoms with Crippen LogP contribution in [0.5, 0.6) is 0 Å². The maximum Gasteiger partial charge on any atom is 0.433 e. The molecule has 1 aromatic carbocycles. The minimum atomic E-state index is -4.88. The topological polar surface area (TPSA) is 102 Å². The summed E-state index contributed by atoms with van der Waals surface area (Å²) < 4.78 is 106. The summed E-state index contributed by atoms with van der Waals surface area (Å²) in [6.45, 7) is 1.49. The SMILES string of the molecule is CCC(=O)NS(=O)(=O)c1ccc(-c2cc(-c3nc(-c4ccc(C(F)(F)F)cc4)cc(C(F)(F)F)n3)ccn2)s1. The first-order chi connectivity index (χ1) is 18.2. The number of benzene rings is 1. The number of carbonyl (C=O) groups excluding carboxylic acids is 1. The summed E-state index contributed by atoms with van der Waals surface area (Å²) in [6, 6.07) is 9.48. The third kappa shape index (κ3) is 6.42. The van der Waals surface area contributed by atoms with E-state index >= 15 is 0 Å². The molecule has 3 aromatic heterocycles. The molecular weight excluding hydrogens is 570 g/mol. The number of nitrogens with one attached hydrogen (secondary N) is 1. The number of hydrogen-bond acceptors (Lipinski definition) is 7. The van der Waals surface area contributed by atoms with Crippen LogP contribution in [0.3, 0.4) is 0 Å². The van der Waals surface area contributed by atoms with Crippen LogP contribution >= 0.6 is 11.3 Å². The maximum absolute atomic E-state index is 13.6. The zero-order valence-electron chi connectivity index (χ0n) is 19.6. The van der Waals surface area contributed by atoms with E-state index in [0.29, 0.717) is 10.9 Å². The largest absolute Gasteiger partial charge is 0.433 e. The summed E-state index contributed by atoms with van der Waals surface area (Å²) >= 11 is 0.782. The molecule has 0 saturated carbocycles. The van der Waals surface area contributed by atoms with E-state index in [-0.39, 0.29) is 39.0 Å². The molecule has 1 N–H and O–H groups in total. The fourth-order valence-corrected chi connectivity index (χ4v) is 5.61. The first kappa shape index (κ1) is 28.2. The summed E-state index contributed by atoms with van der Waals surface area (Å²) in [5, 5.41) is 0. The van der Waals surface area contributed by atoms with E-state index in [2.05, 4.69) is 15.0 Å². The second-order valence-electron chi connectivity index (χ2n) is 7.97. The Balaban J connectivity index is 1.74. The molecule has 4 rings (SSSR count). The average molecular weight is 587 g/mol. The maximum atomic E-state index is 13.6. The van der Waals surface area contributed by atoms with Crippen molar-refractivity contribution in [1.82, 2.24) is 19.7 Å². The number of pyridine rings is 1. The van der Waals surface area contributed by atoms with Gasteiger partial charge < -0.3 is 0 Å². The van der Waals surface area contributed by atoms with Gasteiger partial charge in [-0.3, -0.25) is 9.78 Å². The lowest BCUT2D eigenvalue weighted by atomic mass is 10.1. The van der Waals surface area contributed by atoms with E-state index < -0.39 is 39.5 Å². The van der Waals surface area contributed by atoms with Crippen LogP contribution in [0.1, 0.15) is 24.6 Å². The Morgan fingerprint density at radius 2 is 1.56 bits per heavy atom. The molecule has 0 aliphatic carbocycles. The molecule has 39 heavy (non-hydrogen) atoms. The van der Waals surface area contributed by atoms with Gasteiger partial charge in [-0.15, -0.1) is 11.3 Å². The Bertz CT molecular complexity index is 1630. The highest BCUT2D eigenvalue weighted by Gasteiger charge is 2.34. The molecule has 204 valence electrons. The van der Waals surface area contributed by atoms with Gasteiger partial charge in [-0.05, 0) is 42.5 Å². The lowest BCUT2D eigenvalue weighted by Crippen LogP contribution is -2.29. The molecule has 0 unspecified atom stereocenters. The van der Waals surface area contributed by atoms with Crippen LogP contribution in [-0.4, -0.2) is 29.3 Å². The highest BCUT2D eigenvalue weighted by Crippen LogP contribution is 2.35. The second-order valence-corrected chi connectivity index (χ2v) is 11.0. The summed E-state index contributed by atoms with van der Waals surface area (Å²) in [4.78, 5) is 23.7. The van der Waals surface area contributed by atoms with Gasteiger partial charge in [0.1, 0.15) is 9.90 Å². The molecule has 1 amide bonds. The van der Waals surface area contributed by atoms with Gasteiger partial charge in [0.05, 0.1) is 21.8 Å². The van der Waals surface area contributed by atoms with Gasteiger partial charge in [-0.1, -0.05) is 19.1 Å². The molecule has 0 atom stereocenters. The first-order valence-electron chi connectivity index (χ1n) is 10.9. The zero-order chi connectivity index (χ0) is 28.6. The van der Waals surface area contributed by atoms with Gasteiger partial charge in [0, 0.05) is 23.7 Å². The average Bonchev–Trinajstić information content (AvgIpc) is 3.39. The number of alkyl halides is 6. The lowest BCUT2D eigenvalue weighted by Gasteiger charge is -2.12. The van der Waals surface area contributed by atoms with Crippen molar-refractivity contribution in [2.75, 3.05) is 0 Å². The number of nitrogens with zero attached hydrogens (tertiary/aromatic N) is 3. The monoisotopic (exact) mass is 586 g/mol. The fourth-order valence-electron chi connectivity index (χ4n) is 3.28. The smallest absolute Gasteiger partial charge is 0.274 e. The number of halogens is 6. The van der Waals surface area contributed by atoms with Crippen molar-refractivity contribution >= 4 is 27.3 Å². The number of aromatic nitrogens is 3. The molecule has 7 nitrogen and oxygen atoms in total. The third-order valence-electron chi connectivity index (χ3n) is 5.21. The molecule has 15 heteroatoms.